The zero-order valence-corrected chi connectivity index (χ0v) is 16.3. The highest BCUT2D eigenvalue weighted by molar-refractivity contribution is 5.96. The molecule has 1 heterocycles. The van der Waals surface area contributed by atoms with E-state index in [0.717, 1.165) is 31.7 Å². The van der Waals surface area contributed by atoms with Crippen molar-refractivity contribution in [2.45, 2.75) is 25.9 Å². The zero-order chi connectivity index (χ0) is 19.3. The second-order valence-electron chi connectivity index (χ2n) is 7.56. The first kappa shape index (κ1) is 18.5. The maximum absolute atomic E-state index is 12.7. The second-order valence-corrected chi connectivity index (χ2v) is 7.56. The number of aryl methyl sites for hydroxylation is 1. The molecule has 4 rings (SSSR count). The standard InChI is InChI=1S/C25H26N2O/c1-26-19-27(17-21-10-6-3-7-11-21)18-23-16-22(13-14-24(23)26)25(28)15-12-20-8-4-2-5-9-20/h2-11,13-14,16H,12,15,17-19H2,1H3. The van der Waals surface area contributed by atoms with E-state index in [1.54, 1.807) is 0 Å². The maximum Gasteiger partial charge on any atom is 0.163 e. The molecule has 1 aliphatic heterocycles. The van der Waals surface area contributed by atoms with Gasteiger partial charge in [-0.3, -0.25) is 9.69 Å². The molecule has 142 valence electrons. The molecule has 0 aliphatic carbocycles. The van der Waals surface area contributed by atoms with E-state index >= 15 is 0 Å². The third-order valence-electron chi connectivity index (χ3n) is 5.35. The van der Waals surface area contributed by atoms with Crippen LogP contribution in [0.1, 0.15) is 33.5 Å². The summed E-state index contributed by atoms with van der Waals surface area (Å²) in [7, 11) is 2.12. The van der Waals surface area contributed by atoms with Gasteiger partial charge in [-0.05, 0) is 41.3 Å². The summed E-state index contributed by atoms with van der Waals surface area (Å²) < 4.78 is 0. The molecule has 0 bridgehead atoms. The van der Waals surface area contributed by atoms with E-state index in [9.17, 15) is 4.79 Å². The topological polar surface area (TPSA) is 23.6 Å². The van der Waals surface area contributed by atoms with Crippen molar-refractivity contribution in [1.82, 2.24) is 4.90 Å². The third kappa shape index (κ3) is 4.32. The number of rotatable bonds is 6. The molecule has 0 unspecified atom stereocenters. The van der Waals surface area contributed by atoms with E-state index in [0.29, 0.717) is 6.42 Å². The van der Waals surface area contributed by atoms with E-state index in [2.05, 4.69) is 71.4 Å². The Morgan fingerprint density at radius 1 is 0.893 bits per heavy atom. The van der Waals surface area contributed by atoms with Gasteiger partial charge in [0, 0.05) is 37.8 Å². The Morgan fingerprint density at radius 2 is 1.57 bits per heavy atom. The summed E-state index contributed by atoms with van der Waals surface area (Å²) >= 11 is 0. The van der Waals surface area contributed by atoms with E-state index in [1.807, 2.05) is 24.3 Å². The molecule has 0 N–H and O–H groups in total. The number of ketones is 1. The minimum absolute atomic E-state index is 0.217. The van der Waals surface area contributed by atoms with Crippen molar-refractivity contribution in [3.8, 4) is 0 Å². The summed E-state index contributed by atoms with van der Waals surface area (Å²) in [6.07, 6.45) is 1.34. The van der Waals surface area contributed by atoms with Gasteiger partial charge < -0.3 is 4.90 Å². The highest BCUT2D eigenvalue weighted by Gasteiger charge is 2.21. The number of hydrogen-bond donors (Lipinski definition) is 0. The number of carbonyl (C=O) groups excluding carboxylic acids is 1. The van der Waals surface area contributed by atoms with Gasteiger partial charge in [0.2, 0.25) is 0 Å². The van der Waals surface area contributed by atoms with Crippen molar-refractivity contribution in [1.29, 1.82) is 0 Å². The molecule has 0 radical (unpaired) electrons. The largest absolute Gasteiger partial charge is 0.361 e. The summed E-state index contributed by atoms with van der Waals surface area (Å²) in [6.45, 7) is 2.67. The molecule has 0 saturated carbocycles. The Bertz CT molecular complexity index is 937. The first-order valence-corrected chi connectivity index (χ1v) is 9.86. The summed E-state index contributed by atoms with van der Waals surface area (Å²) in [6, 6.07) is 26.9. The highest BCUT2D eigenvalue weighted by atomic mass is 16.1. The molecular weight excluding hydrogens is 344 g/mol. The Morgan fingerprint density at radius 3 is 2.29 bits per heavy atom. The second kappa shape index (κ2) is 8.41. The third-order valence-corrected chi connectivity index (χ3v) is 5.35. The van der Waals surface area contributed by atoms with Crippen LogP contribution in [-0.4, -0.2) is 24.4 Å². The molecule has 3 nitrogen and oxygen atoms in total. The van der Waals surface area contributed by atoms with Crippen LogP contribution in [-0.2, 0) is 19.5 Å². The van der Waals surface area contributed by atoms with Gasteiger partial charge >= 0.3 is 0 Å². The Balaban J connectivity index is 1.46. The van der Waals surface area contributed by atoms with E-state index < -0.39 is 0 Å². The number of benzene rings is 3. The van der Waals surface area contributed by atoms with Gasteiger partial charge in [-0.2, -0.15) is 0 Å². The fourth-order valence-corrected chi connectivity index (χ4v) is 3.92. The van der Waals surface area contributed by atoms with Crippen LogP contribution in [0.25, 0.3) is 0 Å². The lowest BCUT2D eigenvalue weighted by Crippen LogP contribution is -2.39. The van der Waals surface area contributed by atoms with Gasteiger partial charge in [0.25, 0.3) is 0 Å². The molecule has 0 spiro atoms. The van der Waals surface area contributed by atoms with Gasteiger partial charge in [-0.15, -0.1) is 0 Å². The van der Waals surface area contributed by atoms with Crippen molar-refractivity contribution in [3.05, 3.63) is 101 Å². The van der Waals surface area contributed by atoms with Crippen molar-refractivity contribution >= 4 is 11.5 Å². The van der Waals surface area contributed by atoms with Crippen LogP contribution >= 0.6 is 0 Å². The summed E-state index contributed by atoms with van der Waals surface area (Å²) in [5.74, 6) is 0.217. The van der Waals surface area contributed by atoms with Crippen molar-refractivity contribution in [2.75, 3.05) is 18.6 Å². The lowest BCUT2D eigenvalue weighted by molar-refractivity contribution is 0.0982. The molecule has 0 fully saturated rings. The van der Waals surface area contributed by atoms with Gasteiger partial charge in [-0.1, -0.05) is 60.7 Å². The Kier molecular flexibility index (Phi) is 5.54. The molecule has 3 heteroatoms. The van der Waals surface area contributed by atoms with Crippen LogP contribution < -0.4 is 4.90 Å². The molecule has 3 aromatic rings. The zero-order valence-electron chi connectivity index (χ0n) is 16.3. The summed E-state index contributed by atoms with van der Waals surface area (Å²) in [5.41, 5.74) is 5.81. The lowest BCUT2D eigenvalue weighted by Gasteiger charge is -2.36. The average Bonchev–Trinajstić information content (AvgIpc) is 2.73. The predicted molar refractivity (Wildman–Crippen MR) is 114 cm³/mol. The Labute approximate surface area is 167 Å². The minimum Gasteiger partial charge on any atom is -0.361 e. The normalized spacial score (nSPS) is 14.0. The average molecular weight is 370 g/mol. The summed E-state index contributed by atoms with van der Waals surface area (Å²) in [5, 5.41) is 0. The van der Waals surface area contributed by atoms with E-state index in [4.69, 9.17) is 0 Å². The van der Waals surface area contributed by atoms with E-state index in [1.165, 1.54) is 22.4 Å². The Hall–Kier alpha value is -2.91. The quantitative estimate of drug-likeness (QED) is 0.576. The van der Waals surface area contributed by atoms with Crippen LogP contribution in [0.4, 0.5) is 5.69 Å². The number of Topliss-reactive ketones (excluding diaryl/α,β-unsaturated/α-hetero) is 1. The number of hydrogen-bond acceptors (Lipinski definition) is 3. The molecule has 0 aromatic heterocycles. The lowest BCUT2D eigenvalue weighted by atomic mass is 9.99. The predicted octanol–water partition coefficient (Wildman–Crippen LogP) is 4.91. The molecule has 3 aromatic carbocycles. The summed E-state index contributed by atoms with van der Waals surface area (Å²) in [4.78, 5) is 17.4. The molecule has 0 saturated heterocycles. The van der Waals surface area contributed by atoms with Crippen molar-refractivity contribution < 1.29 is 4.79 Å². The van der Waals surface area contributed by atoms with Gasteiger partial charge in [-0.25, -0.2) is 0 Å². The first-order chi connectivity index (χ1) is 13.7. The SMILES string of the molecule is CN1CN(Cc2ccccc2)Cc2cc(C(=O)CCc3ccccc3)ccc21. The van der Waals surface area contributed by atoms with Gasteiger partial charge in [0.15, 0.2) is 5.78 Å². The number of nitrogens with zero attached hydrogens (tertiary/aromatic N) is 2. The smallest absolute Gasteiger partial charge is 0.163 e. The van der Waals surface area contributed by atoms with Crippen LogP contribution in [0.2, 0.25) is 0 Å². The van der Waals surface area contributed by atoms with Crippen molar-refractivity contribution in [3.63, 3.8) is 0 Å². The molecule has 28 heavy (non-hydrogen) atoms. The number of carbonyl (C=O) groups is 1. The molecular formula is C25H26N2O. The van der Waals surface area contributed by atoms with E-state index in [-0.39, 0.29) is 5.78 Å². The van der Waals surface area contributed by atoms with Crippen molar-refractivity contribution in [2.24, 2.45) is 0 Å². The number of fused-ring (bicyclic) bond motifs is 1. The molecule has 0 amide bonds. The minimum atomic E-state index is 0.217. The van der Waals surface area contributed by atoms with Crippen LogP contribution in [0, 0.1) is 0 Å². The monoisotopic (exact) mass is 370 g/mol. The van der Waals surface area contributed by atoms with Crippen LogP contribution in [0.3, 0.4) is 0 Å². The fourth-order valence-electron chi connectivity index (χ4n) is 3.92. The van der Waals surface area contributed by atoms with Gasteiger partial charge in [0.1, 0.15) is 0 Å². The number of anilines is 1. The van der Waals surface area contributed by atoms with Crippen LogP contribution in [0.15, 0.2) is 78.9 Å². The maximum atomic E-state index is 12.7. The molecule has 1 aliphatic rings. The van der Waals surface area contributed by atoms with Gasteiger partial charge in [0.05, 0.1) is 6.67 Å². The highest BCUT2D eigenvalue weighted by Crippen LogP contribution is 2.28. The van der Waals surface area contributed by atoms with Crippen LogP contribution in [0.5, 0.6) is 0 Å². The first-order valence-electron chi connectivity index (χ1n) is 9.86. The molecule has 0 atom stereocenters. The fraction of sp³-hybridized carbons (Fsp3) is 0.240.